The van der Waals surface area contributed by atoms with Crippen molar-refractivity contribution in [1.29, 1.82) is 0 Å². The van der Waals surface area contributed by atoms with Gasteiger partial charge in [0.25, 0.3) is 5.91 Å². The number of anilines is 2. The van der Waals surface area contributed by atoms with Gasteiger partial charge in [-0.1, -0.05) is 36.4 Å². The minimum Gasteiger partial charge on any atom is -0.494 e. The van der Waals surface area contributed by atoms with Crippen molar-refractivity contribution in [3.63, 3.8) is 0 Å². The van der Waals surface area contributed by atoms with Gasteiger partial charge in [0, 0.05) is 30.0 Å². The third-order valence-corrected chi connectivity index (χ3v) is 5.24. The molecule has 166 valence electrons. The second-order valence-electron chi connectivity index (χ2n) is 7.48. The SMILES string of the molecule is CCOc1ccccc1C1C(C(=O)Nc2ccccc2)=C(C)Nc2nc(CCCO)nn21. The van der Waals surface area contributed by atoms with Crippen LogP contribution >= 0.6 is 0 Å². The van der Waals surface area contributed by atoms with Crippen molar-refractivity contribution < 1.29 is 14.6 Å². The van der Waals surface area contributed by atoms with Gasteiger partial charge in [-0.2, -0.15) is 10.1 Å². The van der Waals surface area contributed by atoms with Crippen molar-refractivity contribution in [2.75, 3.05) is 23.8 Å². The van der Waals surface area contributed by atoms with Crippen LogP contribution in [0.1, 0.15) is 37.7 Å². The second-order valence-corrected chi connectivity index (χ2v) is 7.48. The van der Waals surface area contributed by atoms with Gasteiger partial charge in [0.2, 0.25) is 5.95 Å². The first kappa shape index (κ1) is 21.6. The van der Waals surface area contributed by atoms with E-state index in [4.69, 9.17) is 4.74 Å². The van der Waals surface area contributed by atoms with Crippen LogP contribution in [0.15, 0.2) is 65.9 Å². The quantitative estimate of drug-likeness (QED) is 0.502. The molecule has 4 rings (SSSR count). The number of hydrogen-bond acceptors (Lipinski definition) is 6. The Kier molecular flexibility index (Phi) is 6.51. The molecule has 0 aliphatic carbocycles. The maximum Gasteiger partial charge on any atom is 0.255 e. The highest BCUT2D eigenvalue weighted by Crippen LogP contribution is 2.39. The summed E-state index contributed by atoms with van der Waals surface area (Å²) in [5, 5.41) is 20.1. The van der Waals surface area contributed by atoms with Gasteiger partial charge in [-0.3, -0.25) is 4.79 Å². The highest BCUT2D eigenvalue weighted by atomic mass is 16.5. The summed E-state index contributed by atoms with van der Waals surface area (Å²) in [6.45, 7) is 4.36. The van der Waals surface area contributed by atoms with Crippen molar-refractivity contribution in [2.24, 2.45) is 0 Å². The van der Waals surface area contributed by atoms with Crippen LogP contribution in [0, 0.1) is 0 Å². The number of hydrogen-bond donors (Lipinski definition) is 3. The molecule has 0 bridgehead atoms. The van der Waals surface area contributed by atoms with Crippen LogP contribution in [0.2, 0.25) is 0 Å². The molecule has 1 aromatic heterocycles. The summed E-state index contributed by atoms with van der Waals surface area (Å²) in [5.41, 5.74) is 2.77. The van der Waals surface area contributed by atoms with Gasteiger partial charge in [0.15, 0.2) is 5.82 Å². The highest BCUT2D eigenvalue weighted by molar-refractivity contribution is 6.06. The predicted molar refractivity (Wildman–Crippen MR) is 123 cm³/mol. The lowest BCUT2D eigenvalue weighted by atomic mass is 9.94. The van der Waals surface area contributed by atoms with E-state index in [0.717, 1.165) is 5.56 Å². The average molecular weight is 434 g/mol. The van der Waals surface area contributed by atoms with Gasteiger partial charge in [0.1, 0.15) is 11.8 Å². The molecule has 3 N–H and O–H groups in total. The molecule has 0 spiro atoms. The van der Waals surface area contributed by atoms with Gasteiger partial charge < -0.3 is 20.5 Å². The van der Waals surface area contributed by atoms with Crippen LogP contribution in [-0.2, 0) is 11.2 Å². The Morgan fingerprint density at radius 1 is 1.19 bits per heavy atom. The zero-order valence-corrected chi connectivity index (χ0v) is 18.2. The number of aliphatic hydroxyl groups is 1. The Balaban J connectivity index is 1.80. The Bertz CT molecular complexity index is 1120. The lowest BCUT2D eigenvalue weighted by molar-refractivity contribution is -0.113. The first-order chi connectivity index (χ1) is 15.6. The first-order valence-corrected chi connectivity index (χ1v) is 10.7. The number of para-hydroxylation sites is 2. The fourth-order valence-corrected chi connectivity index (χ4v) is 3.83. The van der Waals surface area contributed by atoms with Crippen LogP contribution < -0.4 is 15.4 Å². The summed E-state index contributed by atoms with van der Waals surface area (Å²) in [6.07, 6.45) is 1.11. The van der Waals surface area contributed by atoms with Crippen molar-refractivity contribution in [2.45, 2.75) is 32.7 Å². The summed E-state index contributed by atoms with van der Waals surface area (Å²) in [6, 6.07) is 16.5. The third-order valence-electron chi connectivity index (χ3n) is 5.24. The fraction of sp³-hybridized carbons (Fsp3) is 0.292. The van der Waals surface area contributed by atoms with E-state index in [0.29, 0.717) is 53.9 Å². The number of aryl methyl sites for hydroxylation is 1. The topological polar surface area (TPSA) is 101 Å². The number of fused-ring (bicyclic) bond motifs is 1. The predicted octanol–water partition coefficient (Wildman–Crippen LogP) is 3.53. The molecule has 0 fully saturated rings. The van der Waals surface area contributed by atoms with E-state index in [1.54, 1.807) is 4.68 Å². The Morgan fingerprint density at radius 3 is 2.69 bits per heavy atom. The molecule has 32 heavy (non-hydrogen) atoms. The molecule has 1 amide bonds. The second kappa shape index (κ2) is 9.65. The van der Waals surface area contributed by atoms with Gasteiger partial charge >= 0.3 is 0 Å². The van der Waals surface area contributed by atoms with Crippen LogP contribution in [0.5, 0.6) is 5.75 Å². The normalized spacial score (nSPS) is 15.2. The molecule has 3 aromatic rings. The number of ether oxygens (including phenoxy) is 1. The smallest absolute Gasteiger partial charge is 0.255 e. The molecule has 0 saturated carbocycles. The molecular formula is C24H27N5O3. The van der Waals surface area contributed by atoms with Gasteiger partial charge in [-0.25, -0.2) is 4.68 Å². The number of aromatic nitrogens is 3. The van der Waals surface area contributed by atoms with E-state index in [2.05, 4.69) is 20.7 Å². The number of aliphatic hydroxyl groups excluding tert-OH is 1. The largest absolute Gasteiger partial charge is 0.494 e. The highest BCUT2D eigenvalue weighted by Gasteiger charge is 2.35. The van der Waals surface area contributed by atoms with Crippen LogP contribution in [0.3, 0.4) is 0 Å². The molecule has 8 heteroatoms. The molecule has 1 unspecified atom stereocenters. The van der Waals surface area contributed by atoms with Crippen molar-refractivity contribution in [3.05, 3.63) is 77.3 Å². The van der Waals surface area contributed by atoms with Crippen molar-refractivity contribution >= 4 is 17.5 Å². The van der Waals surface area contributed by atoms with E-state index >= 15 is 0 Å². The Hall–Kier alpha value is -3.65. The van der Waals surface area contributed by atoms with Gasteiger partial charge in [-0.05, 0) is 38.5 Å². The zero-order chi connectivity index (χ0) is 22.5. The van der Waals surface area contributed by atoms with Crippen LogP contribution in [0.25, 0.3) is 0 Å². The molecule has 1 atom stereocenters. The molecule has 1 aliphatic heterocycles. The number of nitrogens with zero attached hydrogens (tertiary/aromatic N) is 3. The van der Waals surface area contributed by atoms with E-state index in [1.807, 2.05) is 68.4 Å². The third kappa shape index (κ3) is 4.36. The number of nitrogens with one attached hydrogen (secondary N) is 2. The van der Waals surface area contributed by atoms with E-state index < -0.39 is 6.04 Å². The number of allylic oxidation sites excluding steroid dienone is 1. The monoisotopic (exact) mass is 433 g/mol. The number of carbonyl (C=O) groups excluding carboxylic acids is 1. The standard InChI is InChI=1S/C24H27N5O3/c1-3-32-19-13-8-7-12-18(19)22-21(23(31)26-17-10-5-4-6-11-17)16(2)25-24-27-20(14-9-15-30)28-29(22)24/h4-8,10-13,22,30H,3,9,14-15H2,1-2H3,(H,26,31)(H,25,27,28). The molecule has 1 aliphatic rings. The molecule has 2 aromatic carbocycles. The minimum atomic E-state index is -0.520. The maximum absolute atomic E-state index is 13.5. The lowest BCUT2D eigenvalue weighted by Gasteiger charge is -2.29. The number of carbonyl (C=O) groups is 1. The molecule has 0 saturated heterocycles. The molecule has 8 nitrogen and oxygen atoms in total. The average Bonchev–Trinajstić information content (AvgIpc) is 3.20. The summed E-state index contributed by atoms with van der Waals surface area (Å²) in [7, 11) is 0. The van der Waals surface area contributed by atoms with Gasteiger partial charge in [-0.15, -0.1) is 0 Å². The fourth-order valence-electron chi connectivity index (χ4n) is 3.83. The van der Waals surface area contributed by atoms with Gasteiger partial charge in [0.05, 0.1) is 12.2 Å². The van der Waals surface area contributed by atoms with E-state index in [-0.39, 0.29) is 12.5 Å². The van der Waals surface area contributed by atoms with E-state index in [1.165, 1.54) is 0 Å². The maximum atomic E-state index is 13.5. The Morgan fingerprint density at radius 2 is 1.94 bits per heavy atom. The van der Waals surface area contributed by atoms with E-state index in [9.17, 15) is 9.90 Å². The number of rotatable bonds is 8. The number of amides is 1. The molecule has 2 heterocycles. The van der Waals surface area contributed by atoms with Crippen LogP contribution in [0.4, 0.5) is 11.6 Å². The summed E-state index contributed by atoms with van der Waals surface area (Å²) in [5.74, 6) is 1.63. The summed E-state index contributed by atoms with van der Waals surface area (Å²) in [4.78, 5) is 18.1. The zero-order valence-electron chi connectivity index (χ0n) is 18.2. The lowest BCUT2D eigenvalue weighted by Crippen LogP contribution is -2.31. The minimum absolute atomic E-state index is 0.0654. The number of benzene rings is 2. The summed E-state index contributed by atoms with van der Waals surface area (Å²) >= 11 is 0. The Labute approximate surface area is 186 Å². The van der Waals surface area contributed by atoms with Crippen LogP contribution in [-0.4, -0.2) is 39.0 Å². The first-order valence-electron chi connectivity index (χ1n) is 10.7. The van der Waals surface area contributed by atoms with Crippen molar-refractivity contribution in [1.82, 2.24) is 14.8 Å². The molecule has 0 radical (unpaired) electrons. The molecular weight excluding hydrogens is 406 g/mol. The van der Waals surface area contributed by atoms with Crippen molar-refractivity contribution in [3.8, 4) is 5.75 Å². The summed E-state index contributed by atoms with van der Waals surface area (Å²) < 4.78 is 7.62.